The minimum Gasteiger partial charge on any atom is -0.454 e. The number of methoxy groups -OCH3 is 1. The molecule has 0 saturated carbocycles. The third-order valence-corrected chi connectivity index (χ3v) is 8.69. The van der Waals surface area contributed by atoms with Crippen molar-refractivity contribution in [1.29, 1.82) is 0 Å². The van der Waals surface area contributed by atoms with Gasteiger partial charge in [-0.3, -0.25) is 14.9 Å². The quantitative estimate of drug-likeness (QED) is 0.174. The molecule has 2 heterocycles. The summed E-state index contributed by atoms with van der Waals surface area (Å²) in [5.74, 6) is -2.32. The maximum atomic E-state index is 13.9. The van der Waals surface area contributed by atoms with Crippen molar-refractivity contribution in [2.45, 2.75) is 56.4 Å². The smallest absolute Gasteiger partial charge is 0.412 e. The van der Waals surface area contributed by atoms with Crippen LogP contribution in [0.5, 0.6) is 0 Å². The largest absolute Gasteiger partial charge is 0.454 e. The standard InChI is InChI=1S/C36H38BrNO9/c1-43-35-32-31(30(29(22-39)44-35)47-36(42)38-28-18-16-27(37)17-19-28)45-33(40)25(20-23-10-4-2-5-11-23)14-8-9-15-26(34(41)46-32)21-24-12-6-3-7-13-24/h2-13,16-19,25-26,29-32,35,39H,14-15,20-22H2,1H3,(H,38,42)/b9-8+/t25-,26-,29-,30-,31+,32-,35+/m1/s1. The molecule has 3 aromatic rings. The predicted octanol–water partition coefficient (Wildman–Crippen LogP) is 5.62. The Labute approximate surface area is 282 Å². The van der Waals surface area contributed by atoms with Crippen LogP contribution in [0.1, 0.15) is 24.0 Å². The first-order valence-corrected chi connectivity index (χ1v) is 16.3. The maximum absolute atomic E-state index is 13.9. The van der Waals surface area contributed by atoms with Crippen molar-refractivity contribution in [2.75, 3.05) is 19.0 Å². The third-order valence-electron chi connectivity index (χ3n) is 8.17. The highest BCUT2D eigenvalue weighted by molar-refractivity contribution is 9.10. The molecular weight excluding hydrogens is 670 g/mol. The van der Waals surface area contributed by atoms with Crippen LogP contribution in [0.25, 0.3) is 0 Å². The Kier molecular flexibility index (Phi) is 12.2. The number of carbonyl (C=O) groups is 3. The number of aliphatic hydroxyl groups is 1. The first-order chi connectivity index (χ1) is 22.8. The molecule has 2 N–H and O–H groups in total. The van der Waals surface area contributed by atoms with Gasteiger partial charge in [-0.05, 0) is 61.1 Å². The van der Waals surface area contributed by atoms with Crippen LogP contribution in [-0.2, 0) is 46.1 Å². The van der Waals surface area contributed by atoms with E-state index in [-0.39, 0.29) is 0 Å². The van der Waals surface area contributed by atoms with Crippen LogP contribution >= 0.6 is 15.9 Å². The van der Waals surface area contributed by atoms with Crippen LogP contribution in [0.15, 0.2) is 102 Å². The van der Waals surface area contributed by atoms with Crippen molar-refractivity contribution < 1.29 is 43.2 Å². The number of rotatable bonds is 8. The number of ether oxygens (including phenoxy) is 5. The van der Waals surface area contributed by atoms with Gasteiger partial charge in [0.15, 0.2) is 24.6 Å². The van der Waals surface area contributed by atoms with Crippen molar-refractivity contribution in [3.05, 3.63) is 113 Å². The van der Waals surface area contributed by atoms with Crippen LogP contribution in [0.2, 0.25) is 0 Å². The van der Waals surface area contributed by atoms with Crippen molar-refractivity contribution >= 4 is 39.6 Å². The molecule has 1 saturated heterocycles. The summed E-state index contributed by atoms with van der Waals surface area (Å²) in [5.41, 5.74) is 2.34. The van der Waals surface area contributed by atoms with Crippen LogP contribution in [-0.4, -0.2) is 67.6 Å². The van der Waals surface area contributed by atoms with Crippen LogP contribution < -0.4 is 5.32 Å². The second-order valence-corrected chi connectivity index (χ2v) is 12.4. The number of esters is 2. The summed E-state index contributed by atoms with van der Waals surface area (Å²) in [6.07, 6.45) is -2.02. The summed E-state index contributed by atoms with van der Waals surface area (Å²) in [6, 6.07) is 26.0. The number of carbonyl (C=O) groups excluding carboxylic acids is 3. The maximum Gasteiger partial charge on any atom is 0.412 e. The van der Waals surface area contributed by atoms with Gasteiger partial charge >= 0.3 is 18.0 Å². The number of hydrogen-bond donors (Lipinski definition) is 2. The molecule has 2 aliphatic rings. The minimum atomic E-state index is -1.36. The first kappa shape index (κ1) is 34.3. The van der Waals surface area contributed by atoms with Gasteiger partial charge in [-0.2, -0.15) is 0 Å². The van der Waals surface area contributed by atoms with Gasteiger partial charge in [0.2, 0.25) is 0 Å². The highest BCUT2D eigenvalue weighted by Gasteiger charge is 2.53. The molecule has 7 atom stereocenters. The van der Waals surface area contributed by atoms with E-state index in [2.05, 4.69) is 21.2 Å². The number of benzene rings is 3. The zero-order valence-electron chi connectivity index (χ0n) is 25.9. The van der Waals surface area contributed by atoms with Gasteiger partial charge in [-0.1, -0.05) is 88.7 Å². The Morgan fingerprint density at radius 1 is 0.830 bits per heavy atom. The van der Waals surface area contributed by atoms with Crippen molar-refractivity contribution in [3.63, 3.8) is 0 Å². The second-order valence-electron chi connectivity index (χ2n) is 11.5. The zero-order chi connectivity index (χ0) is 33.2. The summed E-state index contributed by atoms with van der Waals surface area (Å²) >= 11 is 3.36. The Morgan fingerprint density at radius 3 is 1.87 bits per heavy atom. The van der Waals surface area contributed by atoms with Crippen LogP contribution in [0, 0.1) is 11.8 Å². The summed E-state index contributed by atoms with van der Waals surface area (Å²) in [7, 11) is 1.35. The SMILES string of the molecule is CO[C@H]1O[C@H](CO)[C@@H](OC(=O)Nc2ccc(Br)cc2)[C@@H]2OC(=O)[C@@H](Cc3ccccc3)C/C=C/C[C@H](Cc3ccccc3)C(=O)O[C@@H]12. The number of halogens is 1. The fraction of sp³-hybridized carbons (Fsp3) is 0.361. The van der Waals surface area contributed by atoms with Crippen molar-refractivity contribution in [3.8, 4) is 0 Å². The average Bonchev–Trinajstić information content (AvgIpc) is 3.08. The van der Waals surface area contributed by atoms with E-state index in [0.29, 0.717) is 31.4 Å². The number of allylic oxidation sites excluding steroid dienone is 2. The summed E-state index contributed by atoms with van der Waals surface area (Å²) < 4.78 is 30.3. The Bertz CT molecular complexity index is 1500. The summed E-state index contributed by atoms with van der Waals surface area (Å²) in [6.45, 7) is -0.600. The Balaban J connectivity index is 1.49. The molecule has 1 amide bonds. The van der Waals surface area contributed by atoms with E-state index in [1.54, 1.807) is 24.3 Å². The molecule has 248 valence electrons. The Hall–Kier alpha value is -4.03. The molecule has 0 spiro atoms. The van der Waals surface area contributed by atoms with Crippen molar-refractivity contribution in [1.82, 2.24) is 0 Å². The number of anilines is 1. The van der Waals surface area contributed by atoms with E-state index in [1.165, 1.54) is 7.11 Å². The lowest BCUT2D eigenvalue weighted by molar-refractivity contribution is -0.300. The van der Waals surface area contributed by atoms with Gasteiger partial charge in [0, 0.05) is 17.3 Å². The third kappa shape index (κ3) is 9.29. The van der Waals surface area contributed by atoms with E-state index in [1.807, 2.05) is 72.8 Å². The number of aliphatic hydroxyl groups excluding tert-OH is 1. The molecule has 10 nitrogen and oxygen atoms in total. The lowest BCUT2D eigenvalue weighted by atomic mass is 9.92. The fourth-order valence-corrected chi connectivity index (χ4v) is 5.99. The molecule has 3 aromatic carbocycles. The first-order valence-electron chi connectivity index (χ1n) is 15.5. The normalized spacial score (nSPS) is 27.2. The van der Waals surface area contributed by atoms with E-state index in [9.17, 15) is 19.5 Å². The van der Waals surface area contributed by atoms with Gasteiger partial charge in [0.25, 0.3) is 0 Å². The van der Waals surface area contributed by atoms with E-state index in [0.717, 1.165) is 15.6 Å². The molecule has 2 aliphatic heterocycles. The minimum absolute atomic E-state index is 0.349. The van der Waals surface area contributed by atoms with E-state index < -0.39 is 67.2 Å². The molecule has 0 bridgehead atoms. The van der Waals surface area contributed by atoms with Gasteiger partial charge in [0.1, 0.15) is 6.10 Å². The van der Waals surface area contributed by atoms with Crippen LogP contribution in [0.4, 0.5) is 10.5 Å². The molecule has 11 heteroatoms. The fourth-order valence-electron chi connectivity index (χ4n) is 5.73. The topological polar surface area (TPSA) is 130 Å². The average molecular weight is 709 g/mol. The molecule has 5 rings (SSSR count). The van der Waals surface area contributed by atoms with Gasteiger partial charge in [0.05, 0.1) is 18.4 Å². The molecular formula is C36H38BrNO9. The molecule has 0 aliphatic carbocycles. The lowest BCUT2D eigenvalue weighted by Crippen LogP contribution is -2.63. The number of amides is 1. The van der Waals surface area contributed by atoms with E-state index in [4.69, 9.17) is 23.7 Å². The van der Waals surface area contributed by atoms with Gasteiger partial charge in [-0.25, -0.2) is 4.79 Å². The summed E-state index contributed by atoms with van der Waals surface area (Å²) in [5, 5.41) is 13.0. The number of hydrogen-bond acceptors (Lipinski definition) is 9. The molecule has 0 radical (unpaired) electrons. The highest BCUT2D eigenvalue weighted by Crippen LogP contribution is 2.32. The van der Waals surface area contributed by atoms with Crippen LogP contribution in [0.3, 0.4) is 0 Å². The molecule has 47 heavy (non-hydrogen) atoms. The highest BCUT2D eigenvalue weighted by atomic mass is 79.9. The number of nitrogens with one attached hydrogen (secondary N) is 1. The Morgan fingerprint density at radius 2 is 1.36 bits per heavy atom. The van der Waals surface area contributed by atoms with Gasteiger partial charge in [-0.15, -0.1) is 0 Å². The van der Waals surface area contributed by atoms with Crippen molar-refractivity contribution in [2.24, 2.45) is 11.8 Å². The molecule has 0 unspecified atom stereocenters. The monoisotopic (exact) mass is 707 g/mol. The van der Waals surface area contributed by atoms with Gasteiger partial charge < -0.3 is 28.8 Å². The summed E-state index contributed by atoms with van der Waals surface area (Å²) in [4.78, 5) is 40.9. The molecule has 0 aromatic heterocycles. The molecule has 1 fully saturated rings. The second kappa shape index (κ2) is 16.7. The predicted molar refractivity (Wildman–Crippen MR) is 176 cm³/mol. The lowest BCUT2D eigenvalue weighted by Gasteiger charge is -2.44. The number of fused-ring (bicyclic) bond motifs is 1. The zero-order valence-corrected chi connectivity index (χ0v) is 27.5. The van der Waals surface area contributed by atoms with E-state index >= 15 is 0 Å².